The summed E-state index contributed by atoms with van der Waals surface area (Å²) in [5.41, 5.74) is 0.560. The van der Waals surface area contributed by atoms with E-state index in [2.05, 4.69) is 4.98 Å². The molecule has 19 heavy (non-hydrogen) atoms. The van der Waals surface area contributed by atoms with Gasteiger partial charge in [0.05, 0.1) is 11.8 Å². The fourth-order valence-electron chi connectivity index (χ4n) is 2.36. The first kappa shape index (κ1) is 14.1. The minimum absolute atomic E-state index is 0.00367. The number of aromatic nitrogens is 1. The zero-order chi connectivity index (χ0) is 13.8. The van der Waals surface area contributed by atoms with Crippen LogP contribution in [0, 0.1) is 5.92 Å². The summed E-state index contributed by atoms with van der Waals surface area (Å²) in [5, 5.41) is 9.11. The first-order chi connectivity index (χ1) is 9.06. The van der Waals surface area contributed by atoms with E-state index in [1.165, 1.54) is 0 Å². The highest BCUT2D eigenvalue weighted by Gasteiger charge is 2.22. The van der Waals surface area contributed by atoms with E-state index < -0.39 is 5.97 Å². The standard InChI is InChI=1S/C14H21NO4/c1-9(2)8-11-13(14(16)17)19-12(15-11)6-5-10-4-3-7-18-10/h9-10H,3-8H2,1-2H3,(H,16,17). The van der Waals surface area contributed by atoms with Gasteiger partial charge in [-0.1, -0.05) is 13.8 Å². The molecular weight excluding hydrogens is 246 g/mol. The van der Waals surface area contributed by atoms with Gasteiger partial charge in [0, 0.05) is 13.0 Å². The van der Waals surface area contributed by atoms with Gasteiger partial charge in [-0.2, -0.15) is 0 Å². The molecule has 106 valence electrons. The van der Waals surface area contributed by atoms with Crippen molar-refractivity contribution in [3.63, 3.8) is 0 Å². The average molecular weight is 267 g/mol. The highest BCUT2D eigenvalue weighted by atomic mass is 16.5. The van der Waals surface area contributed by atoms with Crippen molar-refractivity contribution in [2.45, 2.75) is 52.1 Å². The molecule has 1 N–H and O–H groups in total. The highest BCUT2D eigenvalue weighted by molar-refractivity contribution is 5.85. The van der Waals surface area contributed by atoms with Crippen LogP contribution in [0.15, 0.2) is 4.42 Å². The van der Waals surface area contributed by atoms with E-state index >= 15 is 0 Å². The smallest absolute Gasteiger partial charge is 0.373 e. The zero-order valence-electron chi connectivity index (χ0n) is 11.5. The number of hydrogen-bond acceptors (Lipinski definition) is 4. The van der Waals surface area contributed by atoms with Crippen LogP contribution in [0.4, 0.5) is 0 Å². The summed E-state index contributed by atoms with van der Waals surface area (Å²) in [6.07, 6.45) is 4.57. The van der Waals surface area contributed by atoms with Crippen LogP contribution in [0.5, 0.6) is 0 Å². The van der Waals surface area contributed by atoms with E-state index in [1.807, 2.05) is 13.8 Å². The van der Waals surface area contributed by atoms with Crippen LogP contribution in [0.25, 0.3) is 0 Å². The molecule has 0 spiro atoms. The predicted octanol–water partition coefficient (Wildman–Crippen LogP) is 2.68. The first-order valence-corrected chi connectivity index (χ1v) is 6.89. The zero-order valence-corrected chi connectivity index (χ0v) is 11.5. The molecule has 0 radical (unpaired) electrons. The number of oxazole rings is 1. The average Bonchev–Trinajstić information content (AvgIpc) is 2.94. The molecule has 5 nitrogen and oxygen atoms in total. The Hall–Kier alpha value is -1.36. The summed E-state index contributed by atoms with van der Waals surface area (Å²) in [7, 11) is 0. The number of hydrogen-bond donors (Lipinski definition) is 1. The Morgan fingerprint density at radius 2 is 2.32 bits per heavy atom. The summed E-state index contributed by atoms with van der Waals surface area (Å²) in [5.74, 6) is -0.166. The molecule has 2 rings (SSSR count). The minimum atomic E-state index is -1.04. The van der Waals surface area contributed by atoms with Crippen LogP contribution in [-0.4, -0.2) is 28.8 Å². The number of aryl methyl sites for hydroxylation is 1. The Bertz CT molecular complexity index is 433. The third kappa shape index (κ3) is 3.80. The number of nitrogens with zero attached hydrogens (tertiary/aromatic N) is 1. The van der Waals surface area contributed by atoms with Crippen molar-refractivity contribution >= 4 is 5.97 Å². The molecule has 1 aromatic heterocycles. The molecule has 0 aromatic carbocycles. The van der Waals surface area contributed by atoms with Crippen molar-refractivity contribution in [2.24, 2.45) is 5.92 Å². The molecule has 0 saturated carbocycles. The van der Waals surface area contributed by atoms with Gasteiger partial charge in [-0.05, 0) is 31.6 Å². The van der Waals surface area contributed by atoms with Crippen molar-refractivity contribution in [3.05, 3.63) is 17.3 Å². The van der Waals surface area contributed by atoms with Crippen LogP contribution in [0.1, 0.15) is 55.2 Å². The van der Waals surface area contributed by atoms with Crippen LogP contribution in [0.3, 0.4) is 0 Å². The number of rotatable bonds is 6. The molecule has 0 amide bonds. The summed E-state index contributed by atoms with van der Waals surface area (Å²) in [4.78, 5) is 15.4. The molecule has 1 aliphatic rings. The fourth-order valence-corrected chi connectivity index (χ4v) is 2.36. The normalized spacial score (nSPS) is 19.2. The van der Waals surface area contributed by atoms with Gasteiger partial charge in [-0.25, -0.2) is 9.78 Å². The van der Waals surface area contributed by atoms with Crippen LogP contribution < -0.4 is 0 Å². The largest absolute Gasteiger partial charge is 0.475 e. The fraction of sp³-hybridized carbons (Fsp3) is 0.714. The first-order valence-electron chi connectivity index (χ1n) is 6.89. The Morgan fingerprint density at radius 3 is 2.89 bits per heavy atom. The predicted molar refractivity (Wildman–Crippen MR) is 69.3 cm³/mol. The molecule has 1 unspecified atom stereocenters. The Balaban J connectivity index is 2.01. The lowest BCUT2D eigenvalue weighted by molar-refractivity contribution is 0.0657. The topological polar surface area (TPSA) is 72.6 Å². The van der Waals surface area contributed by atoms with Gasteiger partial charge < -0.3 is 14.3 Å². The maximum Gasteiger partial charge on any atom is 0.373 e. The van der Waals surface area contributed by atoms with Gasteiger partial charge >= 0.3 is 5.97 Å². The lowest BCUT2D eigenvalue weighted by Gasteiger charge is -2.06. The van der Waals surface area contributed by atoms with Gasteiger partial charge in [0.25, 0.3) is 0 Å². The Kier molecular flexibility index (Phi) is 4.58. The highest BCUT2D eigenvalue weighted by Crippen LogP contribution is 2.20. The third-order valence-electron chi connectivity index (χ3n) is 3.24. The summed E-state index contributed by atoms with van der Waals surface area (Å²) in [6, 6.07) is 0. The van der Waals surface area contributed by atoms with Gasteiger partial charge in [0.1, 0.15) is 0 Å². The maximum atomic E-state index is 11.1. The number of carboxylic acid groups (broad SMARTS) is 1. The summed E-state index contributed by atoms with van der Waals surface area (Å²) < 4.78 is 10.9. The van der Waals surface area contributed by atoms with Gasteiger partial charge in [0.2, 0.25) is 5.76 Å². The summed E-state index contributed by atoms with van der Waals surface area (Å²) in [6.45, 7) is 4.90. The number of aromatic carboxylic acids is 1. The van der Waals surface area contributed by atoms with Crippen molar-refractivity contribution in [2.75, 3.05) is 6.61 Å². The van der Waals surface area contributed by atoms with Crippen molar-refractivity contribution < 1.29 is 19.1 Å². The van der Waals surface area contributed by atoms with E-state index in [9.17, 15) is 4.79 Å². The molecule has 5 heteroatoms. The molecule has 2 heterocycles. The van der Waals surface area contributed by atoms with Gasteiger partial charge in [-0.15, -0.1) is 0 Å². The quantitative estimate of drug-likeness (QED) is 0.857. The second kappa shape index (κ2) is 6.19. The molecular formula is C14H21NO4. The van der Waals surface area contributed by atoms with Crippen LogP contribution in [0.2, 0.25) is 0 Å². The number of carboxylic acids is 1. The number of ether oxygens (including phenoxy) is 1. The molecule has 1 atom stereocenters. The van der Waals surface area contributed by atoms with Crippen molar-refractivity contribution in [1.29, 1.82) is 0 Å². The molecule has 1 aromatic rings. The van der Waals surface area contributed by atoms with E-state index in [1.54, 1.807) is 0 Å². The Morgan fingerprint density at radius 1 is 1.53 bits per heavy atom. The molecule has 0 bridgehead atoms. The third-order valence-corrected chi connectivity index (χ3v) is 3.24. The monoisotopic (exact) mass is 267 g/mol. The number of carbonyl (C=O) groups is 1. The molecule has 1 aliphatic heterocycles. The maximum absolute atomic E-state index is 11.1. The molecule has 1 saturated heterocycles. The Labute approximate surface area is 113 Å². The van der Waals surface area contributed by atoms with Crippen molar-refractivity contribution in [3.8, 4) is 0 Å². The van der Waals surface area contributed by atoms with E-state index in [4.69, 9.17) is 14.3 Å². The second-order valence-corrected chi connectivity index (χ2v) is 5.46. The van der Waals surface area contributed by atoms with Gasteiger partial charge in [0.15, 0.2) is 5.89 Å². The van der Waals surface area contributed by atoms with Crippen LogP contribution in [-0.2, 0) is 17.6 Å². The lowest BCUT2D eigenvalue weighted by atomic mass is 10.1. The minimum Gasteiger partial charge on any atom is -0.475 e. The van der Waals surface area contributed by atoms with E-state index in [-0.39, 0.29) is 11.9 Å². The molecule has 0 aliphatic carbocycles. The molecule has 1 fully saturated rings. The second-order valence-electron chi connectivity index (χ2n) is 5.46. The SMILES string of the molecule is CC(C)Cc1nc(CCC2CCCO2)oc1C(=O)O. The van der Waals surface area contributed by atoms with E-state index in [0.717, 1.165) is 25.9 Å². The van der Waals surface area contributed by atoms with Gasteiger partial charge in [-0.3, -0.25) is 0 Å². The lowest BCUT2D eigenvalue weighted by Crippen LogP contribution is -2.06. The van der Waals surface area contributed by atoms with E-state index in [0.29, 0.717) is 30.3 Å². The van der Waals surface area contributed by atoms with Crippen LogP contribution >= 0.6 is 0 Å². The van der Waals surface area contributed by atoms with Crippen molar-refractivity contribution in [1.82, 2.24) is 4.98 Å². The summed E-state index contributed by atoms with van der Waals surface area (Å²) >= 11 is 0.